The molecule has 1 amide bonds. The lowest BCUT2D eigenvalue weighted by Crippen LogP contribution is -2.45. The van der Waals surface area contributed by atoms with Crippen molar-refractivity contribution in [2.45, 2.75) is 90.3 Å². The summed E-state index contributed by atoms with van der Waals surface area (Å²) in [5, 5.41) is 0. The second-order valence-corrected chi connectivity index (χ2v) is 9.84. The first kappa shape index (κ1) is 19.0. The van der Waals surface area contributed by atoms with Gasteiger partial charge in [-0.25, -0.2) is 4.79 Å². The van der Waals surface area contributed by atoms with E-state index in [9.17, 15) is 4.79 Å². The van der Waals surface area contributed by atoms with Crippen molar-refractivity contribution in [3.05, 3.63) is 47.0 Å². The van der Waals surface area contributed by atoms with E-state index in [-0.39, 0.29) is 17.6 Å². The highest BCUT2D eigenvalue weighted by molar-refractivity contribution is 5.70. The van der Waals surface area contributed by atoms with Crippen LogP contribution < -0.4 is 0 Å². The van der Waals surface area contributed by atoms with Gasteiger partial charge in [0.15, 0.2) is 0 Å². The fourth-order valence-electron chi connectivity index (χ4n) is 4.03. The molecule has 3 nitrogen and oxygen atoms in total. The Morgan fingerprint density at radius 2 is 1.73 bits per heavy atom. The Hall–Kier alpha value is -1.77. The Bertz CT molecular complexity index is 688. The standard InChI is InChI=1S/C23H33NO2/c1-22(2,3)18-9-7-16(8-10-18)13-17-14-19-11-12-20(15-17)24(19)21(25)26-23(4,5)6/h7-10,14,19-20H,11-13,15H2,1-6H3. The van der Waals surface area contributed by atoms with Crippen molar-refractivity contribution in [3.63, 3.8) is 0 Å². The Kier molecular flexibility index (Phi) is 4.94. The average Bonchev–Trinajstić information content (AvgIpc) is 2.77. The van der Waals surface area contributed by atoms with Crippen LogP contribution in [0.25, 0.3) is 0 Å². The fourth-order valence-corrected chi connectivity index (χ4v) is 4.03. The van der Waals surface area contributed by atoms with Crippen LogP contribution in [0.4, 0.5) is 4.79 Å². The normalized spacial score (nSPS) is 23.0. The molecule has 26 heavy (non-hydrogen) atoms. The van der Waals surface area contributed by atoms with Gasteiger partial charge in [0.05, 0.1) is 6.04 Å². The smallest absolute Gasteiger partial charge is 0.411 e. The zero-order valence-corrected chi connectivity index (χ0v) is 17.1. The monoisotopic (exact) mass is 355 g/mol. The van der Waals surface area contributed by atoms with Crippen LogP contribution in [0.15, 0.2) is 35.9 Å². The topological polar surface area (TPSA) is 29.5 Å². The minimum Gasteiger partial charge on any atom is -0.444 e. The van der Waals surface area contributed by atoms with Crippen molar-refractivity contribution in [3.8, 4) is 0 Å². The molecule has 142 valence electrons. The van der Waals surface area contributed by atoms with Crippen molar-refractivity contribution < 1.29 is 9.53 Å². The molecule has 2 aliphatic rings. The van der Waals surface area contributed by atoms with E-state index in [0.717, 1.165) is 25.7 Å². The number of nitrogens with zero attached hydrogens (tertiary/aromatic N) is 1. The fraction of sp³-hybridized carbons (Fsp3) is 0.609. The molecule has 0 radical (unpaired) electrons. The zero-order chi connectivity index (χ0) is 19.1. The predicted octanol–water partition coefficient (Wildman–Crippen LogP) is 5.62. The molecule has 0 N–H and O–H groups in total. The van der Waals surface area contributed by atoms with Crippen molar-refractivity contribution >= 4 is 6.09 Å². The molecule has 2 heterocycles. The number of amides is 1. The van der Waals surface area contributed by atoms with E-state index in [1.807, 2.05) is 25.7 Å². The molecule has 2 unspecified atom stereocenters. The van der Waals surface area contributed by atoms with Crippen LogP contribution in [-0.2, 0) is 16.6 Å². The van der Waals surface area contributed by atoms with Crippen molar-refractivity contribution in [2.75, 3.05) is 0 Å². The van der Waals surface area contributed by atoms with Crippen molar-refractivity contribution in [2.24, 2.45) is 0 Å². The third-order valence-corrected chi connectivity index (χ3v) is 5.33. The van der Waals surface area contributed by atoms with E-state index in [1.54, 1.807) is 0 Å². The first-order chi connectivity index (χ1) is 12.0. The number of benzene rings is 1. The summed E-state index contributed by atoms with van der Waals surface area (Å²) in [6.07, 6.45) is 6.24. The third kappa shape index (κ3) is 4.31. The largest absolute Gasteiger partial charge is 0.444 e. The van der Waals surface area contributed by atoms with Gasteiger partial charge in [-0.2, -0.15) is 0 Å². The quantitative estimate of drug-likeness (QED) is 0.644. The molecule has 3 heteroatoms. The van der Waals surface area contributed by atoms with E-state index in [1.165, 1.54) is 16.7 Å². The molecule has 3 rings (SSSR count). The van der Waals surface area contributed by atoms with E-state index in [2.05, 4.69) is 51.1 Å². The average molecular weight is 356 g/mol. The van der Waals surface area contributed by atoms with Crippen LogP contribution in [0.1, 0.15) is 71.9 Å². The van der Waals surface area contributed by atoms with E-state index < -0.39 is 5.60 Å². The molecule has 1 saturated heterocycles. The molecular formula is C23H33NO2. The summed E-state index contributed by atoms with van der Waals surface area (Å²) < 4.78 is 5.61. The first-order valence-electron chi connectivity index (χ1n) is 9.83. The first-order valence-corrected chi connectivity index (χ1v) is 9.83. The number of hydrogen-bond acceptors (Lipinski definition) is 2. The molecule has 0 saturated carbocycles. The molecule has 2 aliphatic heterocycles. The number of carbonyl (C=O) groups is 1. The number of ether oxygens (including phenoxy) is 1. The summed E-state index contributed by atoms with van der Waals surface area (Å²) in [7, 11) is 0. The van der Waals surface area contributed by atoms with Crippen LogP contribution >= 0.6 is 0 Å². The highest BCUT2D eigenvalue weighted by Gasteiger charge is 2.41. The highest BCUT2D eigenvalue weighted by Crippen LogP contribution is 2.37. The van der Waals surface area contributed by atoms with Gasteiger partial charge in [0.2, 0.25) is 0 Å². The Morgan fingerprint density at radius 1 is 1.08 bits per heavy atom. The van der Waals surface area contributed by atoms with E-state index >= 15 is 0 Å². The van der Waals surface area contributed by atoms with Gasteiger partial charge in [0, 0.05) is 6.04 Å². The summed E-state index contributed by atoms with van der Waals surface area (Å²) in [5.74, 6) is 0. The van der Waals surface area contributed by atoms with Gasteiger partial charge in [-0.3, -0.25) is 4.90 Å². The Morgan fingerprint density at radius 3 is 2.27 bits per heavy atom. The number of carbonyl (C=O) groups excluding carboxylic acids is 1. The molecule has 1 fully saturated rings. The lowest BCUT2D eigenvalue weighted by atomic mass is 9.86. The van der Waals surface area contributed by atoms with Crippen LogP contribution in [0.3, 0.4) is 0 Å². The molecular weight excluding hydrogens is 322 g/mol. The van der Waals surface area contributed by atoms with Crippen LogP contribution in [0.5, 0.6) is 0 Å². The van der Waals surface area contributed by atoms with Gasteiger partial charge in [0.25, 0.3) is 0 Å². The third-order valence-electron chi connectivity index (χ3n) is 5.33. The summed E-state index contributed by atoms with van der Waals surface area (Å²) in [6.45, 7) is 12.5. The minimum atomic E-state index is -0.435. The van der Waals surface area contributed by atoms with Crippen LogP contribution in [0.2, 0.25) is 0 Å². The highest BCUT2D eigenvalue weighted by atomic mass is 16.6. The van der Waals surface area contributed by atoms with Gasteiger partial charge in [0.1, 0.15) is 5.60 Å². The predicted molar refractivity (Wildman–Crippen MR) is 106 cm³/mol. The maximum Gasteiger partial charge on any atom is 0.411 e. The van der Waals surface area contributed by atoms with Gasteiger partial charge in [-0.15, -0.1) is 0 Å². The van der Waals surface area contributed by atoms with E-state index in [0.29, 0.717) is 6.04 Å². The summed E-state index contributed by atoms with van der Waals surface area (Å²) in [6, 6.07) is 9.50. The second kappa shape index (κ2) is 6.75. The van der Waals surface area contributed by atoms with Gasteiger partial charge in [-0.1, -0.05) is 56.7 Å². The molecule has 0 aromatic heterocycles. The van der Waals surface area contributed by atoms with Crippen molar-refractivity contribution in [1.82, 2.24) is 4.90 Å². The molecule has 1 aromatic carbocycles. The molecule has 0 spiro atoms. The summed E-state index contributed by atoms with van der Waals surface area (Å²) >= 11 is 0. The number of rotatable bonds is 2. The van der Waals surface area contributed by atoms with Gasteiger partial charge < -0.3 is 4.74 Å². The Labute approximate surface area is 158 Å². The molecule has 1 aromatic rings. The lowest BCUT2D eigenvalue weighted by Gasteiger charge is -2.35. The second-order valence-electron chi connectivity index (χ2n) is 9.84. The maximum absolute atomic E-state index is 12.5. The lowest BCUT2D eigenvalue weighted by molar-refractivity contribution is 0.0166. The zero-order valence-electron chi connectivity index (χ0n) is 17.1. The molecule has 2 bridgehead atoms. The van der Waals surface area contributed by atoms with Gasteiger partial charge >= 0.3 is 6.09 Å². The summed E-state index contributed by atoms with van der Waals surface area (Å²) in [4.78, 5) is 14.5. The molecule has 0 aliphatic carbocycles. The SMILES string of the molecule is CC(C)(C)OC(=O)N1C2C=C(Cc3ccc(C(C)(C)C)cc3)CC1CC2. The number of hydrogen-bond donors (Lipinski definition) is 0. The van der Waals surface area contributed by atoms with Crippen molar-refractivity contribution in [1.29, 1.82) is 0 Å². The van der Waals surface area contributed by atoms with E-state index in [4.69, 9.17) is 4.74 Å². The van der Waals surface area contributed by atoms with Crippen LogP contribution in [-0.4, -0.2) is 28.7 Å². The minimum absolute atomic E-state index is 0.158. The van der Waals surface area contributed by atoms with Crippen LogP contribution in [0, 0.1) is 0 Å². The number of fused-ring (bicyclic) bond motifs is 2. The Balaban J connectivity index is 1.69. The molecule has 2 atom stereocenters. The maximum atomic E-state index is 12.5. The van der Waals surface area contributed by atoms with Gasteiger partial charge in [-0.05, 0) is 63.0 Å². The summed E-state index contributed by atoms with van der Waals surface area (Å²) in [5.41, 5.74) is 3.94.